The Kier molecular flexibility index (Phi) is 16.4. The lowest BCUT2D eigenvalue weighted by Gasteiger charge is -2.17. The molecule has 0 saturated carbocycles. The van der Waals surface area contributed by atoms with Crippen molar-refractivity contribution in [1.82, 2.24) is 0 Å². The number of rotatable bonds is 18. The Morgan fingerprint density at radius 3 is 1.48 bits per heavy atom. The molecule has 150 valence electrons. The van der Waals surface area contributed by atoms with Crippen LogP contribution < -0.4 is 0 Å². The van der Waals surface area contributed by atoms with Gasteiger partial charge in [0.05, 0.1) is 6.42 Å². The van der Waals surface area contributed by atoms with Crippen LogP contribution in [-0.4, -0.2) is 30.6 Å². The molecule has 0 aromatic carbocycles. The Bertz CT molecular complexity index is 280. The van der Waals surface area contributed by atoms with E-state index in [2.05, 4.69) is 27.7 Å². The molecule has 0 spiro atoms. The molecule has 0 radical (unpaired) electrons. The first-order chi connectivity index (χ1) is 11.9. The number of carbonyl (C=O) groups is 1. The van der Waals surface area contributed by atoms with Crippen LogP contribution in [0, 0.1) is 11.8 Å². The summed E-state index contributed by atoms with van der Waals surface area (Å²) in [7, 11) is 0. The van der Waals surface area contributed by atoms with E-state index in [0.717, 1.165) is 37.5 Å². The van der Waals surface area contributed by atoms with Gasteiger partial charge in [-0.1, -0.05) is 79.1 Å². The molecular weight excluding hydrogens is 316 g/mol. The summed E-state index contributed by atoms with van der Waals surface area (Å²) in [6.45, 7) is 10.2. The quantitative estimate of drug-likeness (QED) is 0.240. The van der Waals surface area contributed by atoms with E-state index in [4.69, 9.17) is 14.6 Å². The van der Waals surface area contributed by atoms with Crippen molar-refractivity contribution in [2.75, 3.05) is 13.2 Å². The molecule has 0 rings (SSSR count). The molecule has 0 aliphatic carbocycles. The number of ether oxygens (including phenoxy) is 2. The monoisotopic (exact) mass is 358 g/mol. The van der Waals surface area contributed by atoms with Crippen molar-refractivity contribution in [1.29, 1.82) is 0 Å². The van der Waals surface area contributed by atoms with Crippen LogP contribution >= 0.6 is 0 Å². The number of aliphatic carboxylic acids is 1. The summed E-state index contributed by atoms with van der Waals surface area (Å²) in [6.07, 6.45) is 11.1. The van der Waals surface area contributed by atoms with Crippen molar-refractivity contribution in [3.05, 3.63) is 0 Å². The number of carboxylic acids is 1. The molecule has 0 aromatic heterocycles. The maximum absolute atomic E-state index is 10.9. The summed E-state index contributed by atoms with van der Waals surface area (Å²) in [5.74, 6) is 0.684. The lowest BCUT2D eigenvalue weighted by atomic mass is 10.0. The molecule has 0 aliphatic rings. The highest BCUT2D eigenvalue weighted by atomic mass is 16.7. The average molecular weight is 359 g/mol. The number of hydrogen-bond acceptors (Lipinski definition) is 3. The second kappa shape index (κ2) is 16.8. The van der Waals surface area contributed by atoms with Crippen LogP contribution in [0.5, 0.6) is 0 Å². The standard InChI is InChI=1S/C21H42O4/c1-18(2)13-9-5-7-11-15-24-21(17-20(22)23)25-16-12-8-6-10-14-19(3)4/h18-19,21H,5-17H2,1-4H3,(H,22,23). The van der Waals surface area contributed by atoms with Crippen LogP contribution in [0.15, 0.2) is 0 Å². The zero-order valence-electron chi connectivity index (χ0n) is 17.1. The first kappa shape index (κ1) is 24.4. The molecule has 0 aromatic rings. The largest absolute Gasteiger partial charge is 0.481 e. The molecule has 0 heterocycles. The van der Waals surface area contributed by atoms with Crippen LogP contribution in [0.4, 0.5) is 0 Å². The topological polar surface area (TPSA) is 55.8 Å². The number of unbranched alkanes of at least 4 members (excludes halogenated alkanes) is 6. The Morgan fingerprint density at radius 1 is 0.720 bits per heavy atom. The third-order valence-electron chi connectivity index (χ3n) is 4.30. The van der Waals surface area contributed by atoms with Gasteiger partial charge in [0.25, 0.3) is 0 Å². The highest BCUT2D eigenvalue weighted by molar-refractivity contribution is 5.67. The van der Waals surface area contributed by atoms with Crippen molar-refractivity contribution in [3.63, 3.8) is 0 Å². The van der Waals surface area contributed by atoms with Gasteiger partial charge >= 0.3 is 5.97 Å². The summed E-state index contributed by atoms with van der Waals surface area (Å²) in [5.41, 5.74) is 0. The fraction of sp³-hybridized carbons (Fsp3) is 0.952. The maximum atomic E-state index is 10.9. The van der Waals surface area contributed by atoms with Gasteiger partial charge in [-0.25, -0.2) is 0 Å². The first-order valence-electron chi connectivity index (χ1n) is 10.4. The van der Waals surface area contributed by atoms with E-state index in [1.54, 1.807) is 0 Å². The predicted molar refractivity (Wildman–Crippen MR) is 104 cm³/mol. The van der Waals surface area contributed by atoms with Crippen molar-refractivity contribution >= 4 is 5.97 Å². The Balaban J connectivity index is 3.66. The third-order valence-corrected chi connectivity index (χ3v) is 4.30. The zero-order valence-corrected chi connectivity index (χ0v) is 17.1. The van der Waals surface area contributed by atoms with Crippen molar-refractivity contribution in [2.24, 2.45) is 11.8 Å². The van der Waals surface area contributed by atoms with E-state index in [0.29, 0.717) is 13.2 Å². The Hall–Kier alpha value is -0.610. The van der Waals surface area contributed by atoms with Crippen LogP contribution in [0.1, 0.15) is 98.3 Å². The van der Waals surface area contributed by atoms with Crippen LogP contribution in [-0.2, 0) is 14.3 Å². The van der Waals surface area contributed by atoms with Gasteiger partial charge in [0, 0.05) is 13.2 Å². The molecule has 4 heteroatoms. The van der Waals surface area contributed by atoms with Gasteiger partial charge in [-0.05, 0) is 24.7 Å². The Morgan fingerprint density at radius 2 is 1.12 bits per heavy atom. The third kappa shape index (κ3) is 19.6. The lowest BCUT2D eigenvalue weighted by Crippen LogP contribution is -2.22. The van der Waals surface area contributed by atoms with Gasteiger partial charge in [-0.15, -0.1) is 0 Å². The highest BCUT2D eigenvalue weighted by Gasteiger charge is 2.14. The van der Waals surface area contributed by atoms with Gasteiger partial charge in [0.1, 0.15) is 0 Å². The molecule has 0 aliphatic heterocycles. The Labute approximate surface area is 155 Å². The van der Waals surface area contributed by atoms with Crippen LogP contribution in [0.25, 0.3) is 0 Å². The molecule has 0 bridgehead atoms. The average Bonchev–Trinajstić information content (AvgIpc) is 2.51. The summed E-state index contributed by atoms with van der Waals surface area (Å²) < 4.78 is 11.3. The van der Waals surface area contributed by atoms with E-state index in [1.165, 1.54) is 38.5 Å². The van der Waals surface area contributed by atoms with Crippen LogP contribution in [0.2, 0.25) is 0 Å². The summed E-state index contributed by atoms with van der Waals surface area (Å²) >= 11 is 0. The minimum absolute atomic E-state index is 0.0688. The summed E-state index contributed by atoms with van der Waals surface area (Å²) in [5, 5.41) is 8.97. The first-order valence-corrected chi connectivity index (χ1v) is 10.4. The van der Waals surface area contributed by atoms with E-state index in [-0.39, 0.29) is 6.42 Å². The van der Waals surface area contributed by atoms with Crippen molar-refractivity contribution in [3.8, 4) is 0 Å². The number of carboxylic acid groups (broad SMARTS) is 1. The highest BCUT2D eigenvalue weighted by Crippen LogP contribution is 2.12. The lowest BCUT2D eigenvalue weighted by molar-refractivity contribution is -0.167. The van der Waals surface area contributed by atoms with E-state index >= 15 is 0 Å². The van der Waals surface area contributed by atoms with E-state index in [1.807, 2.05) is 0 Å². The second-order valence-corrected chi connectivity index (χ2v) is 7.96. The van der Waals surface area contributed by atoms with E-state index in [9.17, 15) is 4.79 Å². The zero-order chi connectivity index (χ0) is 18.9. The van der Waals surface area contributed by atoms with Gasteiger partial charge in [-0.3, -0.25) is 4.79 Å². The minimum Gasteiger partial charge on any atom is -0.481 e. The SMILES string of the molecule is CC(C)CCCCCCOC(CC(=O)O)OCCCCCCC(C)C. The molecule has 0 unspecified atom stereocenters. The smallest absolute Gasteiger partial charge is 0.308 e. The van der Waals surface area contributed by atoms with Gasteiger partial charge < -0.3 is 14.6 Å². The molecule has 0 fully saturated rings. The second-order valence-electron chi connectivity index (χ2n) is 7.96. The molecule has 0 saturated heterocycles. The van der Waals surface area contributed by atoms with Gasteiger partial charge in [0.2, 0.25) is 0 Å². The fourth-order valence-electron chi connectivity index (χ4n) is 2.75. The maximum Gasteiger partial charge on any atom is 0.308 e. The minimum atomic E-state index is -0.862. The van der Waals surface area contributed by atoms with Crippen molar-refractivity contribution < 1.29 is 19.4 Å². The number of hydrogen-bond donors (Lipinski definition) is 1. The summed E-state index contributed by atoms with van der Waals surface area (Å²) in [4.78, 5) is 10.9. The molecule has 25 heavy (non-hydrogen) atoms. The van der Waals surface area contributed by atoms with Gasteiger partial charge in [-0.2, -0.15) is 0 Å². The summed E-state index contributed by atoms with van der Waals surface area (Å²) in [6, 6.07) is 0. The molecule has 0 amide bonds. The normalized spacial score (nSPS) is 11.8. The van der Waals surface area contributed by atoms with Crippen LogP contribution in [0.3, 0.4) is 0 Å². The van der Waals surface area contributed by atoms with Gasteiger partial charge in [0.15, 0.2) is 6.29 Å². The predicted octanol–water partition coefficient (Wildman–Crippen LogP) is 6.03. The molecule has 0 atom stereocenters. The van der Waals surface area contributed by atoms with Crippen molar-refractivity contribution in [2.45, 2.75) is 105 Å². The fourth-order valence-corrected chi connectivity index (χ4v) is 2.75. The molecule has 1 N–H and O–H groups in total. The molecular formula is C21H42O4. The molecule has 4 nitrogen and oxygen atoms in total. The van der Waals surface area contributed by atoms with E-state index < -0.39 is 12.3 Å².